The summed E-state index contributed by atoms with van der Waals surface area (Å²) in [6, 6.07) is 1.85. The molecule has 3 saturated carbocycles. The number of rotatable bonds is 5. The van der Waals surface area contributed by atoms with Crippen LogP contribution in [0.4, 0.5) is 0 Å². The van der Waals surface area contributed by atoms with Crippen molar-refractivity contribution in [3.05, 3.63) is 35.8 Å². The van der Waals surface area contributed by atoms with Gasteiger partial charge in [-0.25, -0.2) is 4.79 Å². The van der Waals surface area contributed by atoms with Gasteiger partial charge in [-0.1, -0.05) is 33.8 Å². The van der Waals surface area contributed by atoms with Crippen LogP contribution in [0.25, 0.3) is 0 Å². The fourth-order valence-electron chi connectivity index (χ4n) is 9.23. The largest absolute Gasteiger partial charge is 0.472 e. The van der Waals surface area contributed by atoms with Gasteiger partial charge >= 0.3 is 17.9 Å². The number of furan rings is 1. The van der Waals surface area contributed by atoms with E-state index in [0.717, 1.165) is 18.4 Å². The van der Waals surface area contributed by atoms with Crippen molar-refractivity contribution >= 4 is 23.7 Å². The van der Waals surface area contributed by atoms with Gasteiger partial charge in [-0.15, -0.1) is 0 Å². The van der Waals surface area contributed by atoms with Crippen molar-refractivity contribution in [2.45, 2.75) is 85.9 Å². The first kappa shape index (κ1) is 28.6. The van der Waals surface area contributed by atoms with Crippen LogP contribution in [0.2, 0.25) is 0 Å². The van der Waals surface area contributed by atoms with Crippen molar-refractivity contribution in [3.63, 3.8) is 0 Å². The molecule has 0 spiro atoms. The van der Waals surface area contributed by atoms with Crippen molar-refractivity contribution in [1.29, 1.82) is 0 Å². The Morgan fingerprint density at radius 3 is 2.50 bits per heavy atom. The normalized spacial score (nSPS) is 40.4. The molecule has 9 atom stereocenters. The van der Waals surface area contributed by atoms with E-state index in [9.17, 15) is 19.2 Å². The highest BCUT2D eigenvalue weighted by atomic mass is 16.6. The summed E-state index contributed by atoms with van der Waals surface area (Å²) >= 11 is 0. The van der Waals surface area contributed by atoms with E-state index < -0.39 is 40.8 Å². The molecular weight excluding hydrogens is 512 g/mol. The minimum Gasteiger partial charge on any atom is -0.472 e. The Labute approximate surface area is 236 Å². The van der Waals surface area contributed by atoms with E-state index in [1.165, 1.54) is 7.11 Å². The number of hydrogen-bond donors (Lipinski definition) is 0. The van der Waals surface area contributed by atoms with Gasteiger partial charge in [0.15, 0.2) is 0 Å². The van der Waals surface area contributed by atoms with Crippen LogP contribution < -0.4 is 0 Å². The highest BCUT2D eigenvalue weighted by Crippen LogP contribution is 2.70. The number of ketones is 1. The first-order valence-corrected chi connectivity index (χ1v) is 14.5. The lowest BCUT2D eigenvalue weighted by molar-refractivity contribution is -0.230. The average molecular weight is 555 g/mol. The van der Waals surface area contributed by atoms with Gasteiger partial charge in [-0.3, -0.25) is 14.4 Å². The van der Waals surface area contributed by atoms with Gasteiger partial charge in [-0.2, -0.15) is 0 Å². The third kappa shape index (κ3) is 4.07. The van der Waals surface area contributed by atoms with Crippen LogP contribution in [0.5, 0.6) is 0 Å². The van der Waals surface area contributed by atoms with Crippen molar-refractivity contribution < 1.29 is 37.8 Å². The first-order valence-electron chi connectivity index (χ1n) is 14.5. The summed E-state index contributed by atoms with van der Waals surface area (Å²) in [6.45, 7) is 11.7. The summed E-state index contributed by atoms with van der Waals surface area (Å²) in [4.78, 5) is 53.4. The first-order chi connectivity index (χ1) is 18.8. The number of ether oxygens (including phenoxy) is 3. The molecule has 1 saturated heterocycles. The highest BCUT2D eigenvalue weighted by Gasteiger charge is 2.71. The van der Waals surface area contributed by atoms with Gasteiger partial charge in [0.2, 0.25) is 0 Å². The Balaban J connectivity index is 1.61. The van der Waals surface area contributed by atoms with Gasteiger partial charge in [0, 0.05) is 40.2 Å². The topological polar surface area (TPSA) is 109 Å². The van der Waals surface area contributed by atoms with E-state index in [1.54, 1.807) is 32.4 Å². The molecule has 0 radical (unpaired) electrons. The number of Topliss-reactive ketones (excluding diaryl/α,β-unsaturated/α-hetero) is 1. The monoisotopic (exact) mass is 554 g/mol. The van der Waals surface area contributed by atoms with E-state index in [1.807, 2.05) is 26.8 Å². The predicted molar refractivity (Wildman–Crippen MR) is 144 cm³/mol. The van der Waals surface area contributed by atoms with Crippen LogP contribution in [0.3, 0.4) is 0 Å². The Hall–Kier alpha value is -2.90. The van der Waals surface area contributed by atoms with Crippen molar-refractivity contribution in [2.24, 2.45) is 45.8 Å². The molecular formula is C32H42O8. The van der Waals surface area contributed by atoms with E-state index >= 15 is 0 Å². The molecule has 0 N–H and O–H groups in total. The molecule has 2 bridgehead atoms. The Morgan fingerprint density at radius 1 is 1.15 bits per heavy atom. The molecule has 0 aromatic carbocycles. The Morgan fingerprint density at radius 2 is 1.88 bits per heavy atom. The zero-order valence-corrected chi connectivity index (χ0v) is 24.7. The molecule has 1 aliphatic heterocycles. The molecule has 4 aliphatic rings. The summed E-state index contributed by atoms with van der Waals surface area (Å²) in [7, 11) is 1.36. The number of fused-ring (bicyclic) bond motifs is 6. The highest BCUT2D eigenvalue weighted by molar-refractivity contribution is 5.92. The van der Waals surface area contributed by atoms with Gasteiger partial charge in [0.05, 0.1) is 25.6 Å². The van der Waals surface area contributed by atoms with Crippen LogP contribution in [0.15, 0.2) is 34.7 Å². The number of carbonyl (C=O) groups is 4. The molecule has 218 valence electrons. The zero-order valence-electron chi connectivity index (χ0n) is 24.7. The minimum atomic E-state index is -0.836. The Bertz CT molecular complexity index is 1230. The minimum absolute atomic E-state index is 0.0203. The fraction of sp³-hybridized carbons (Fsp3) is 0.688. The second kappa shape index (κ2) is 9.88. The van der Waals surface area contributed by atoms with Crippen LogP contribution in [-0.2, 0) is 33.4 Å². The standard InChI is InChI=1S/C32H42O8/c1-8-17(2)29(36)40-28-20-13-19-21(32(6,26(20)35)23(30(28,3)4)15-24(33)37-7)9-11-31(5)22(19)14-25(34)39-27(31)18-10-12-38-16-18/h8,10,12,16,19-23,27-28H,9,11,13-15H2,1-7H3. The number of hydrogen-bond acceptors (Lipinski definition) is 8. The van der Waals surface area contributed by atoms with Gasteiger partial charge in [0.25, 0.3) is 0 Å². The molecule has 1 aromatic heterocycles. The number of methoxy groups -OCH3 is 1. The lowest BCUT2D eigenvalue weighted by atomic mass is 9.37. The third-order valence-electron chi connectivity index (χ3n) is 11.4. The molecule has 4 fully saturated rings. The number of esters is 3. The maximum absolute atomic E-state index is 14.5. The van der Waals surface area contributed by atoms with Crippen LogP contribution >= 0.6 is 0 Å². The molecule has 0 amide bonds. The van der Waals surface area contributed by atoms with E-state index in [-0.39, 0.29) is 53.7 Å². The lowest BCUT2D eigenvalue weighted by Crippen LogP contribution is -2.69. The summed E-state index contributed by atoms with van der Waals surface area (Å²) in [5.74, 6) is -1.99. The summed E-state index contributed by atoms with van der Waals surface area (Å²) in [6.07, 6.45) is 6.21. The van der Waals surface area contributed by atoms with E-state index in [4.69, 9.17) is 18.6 Å². The molecule has 1 aromatic rings. The average Bonchev–Trinajstić information content (AvgIpc) is 3.45. The maximum Gasteiger partial charge on any atom is 0.333 e. The molecule has 5 rings (SSSR count). The Kier molecular flexibility index (Phi) is 7.07. The number of allylic oxidation sites excluding steroid dienone is 1. The molecule has 2 heterocycles. The van der Waals surface area contributed by atoms with Crippen molar-refractivity contribution in [3.8, 4) is 0 Å². The number of cyclic esters (lactones) is 1. The molecule has 8 heteroatoms. The molecule has 8 nitrogen and oxygen atoms in total. The van der Waals surface area contributed by atoms with Gasteiger partial charge in [0.1, 0.15) is 18.0 Å². The zero-order chi connectivity index (χ0) is 29.2. The van der Waals surface area contributed by atoms with Gasteiger partial charge in [-0.05, 0) is 62.8 Å². The van der Waals surface area contributed by atoms with Gasteiger partial charge < -0.3 is 18.6 Å². The number of carbonyl (C=O) groups excluding carboxylic acids is 4. The van der Waals surface area contributed by atoms with Crippen molar-refractivity contribution in [2.75, 3.05) is 7.11 Å². The summed E-state index contributed by atoms with van der Waals surface area (Å²) in [5.41, 5.74) is -0.529. The van der Waals surface area contributed by atoms with E-state index in [2.05, 4.69) is 6.92 Å². The lowest BCUT2D eigenvalue weighted by Gasteiger charge is -2.66. The molecule has 3 aliphatic carbocycles. The quantitative estimate of drug-likeness (QED) is 0.263. The maximum atomic E-state index is 14.5. The van der Waals surface area contributed by atoms with E-state index in [0.29, 0.717) is 12.0 Å². The second-order valence-electron chi connectivity index (χ2n) is 13.5. The van der Waals surface area contributed by atoms with Crippen LogP contribution in [0.1, 0.15) is 85.3 Å². The fourth-order valence-corrected chi connectivity index (χ4v) is 9.23. The third-order valence-corrected chi connectivity index (χ3v) is 11.4. The summed E-state index contributed by atoms with van der Waals surface area (Å²) in [5, 5.41) is 0. The van der Waals surface area contributed by atoms with Crippen LogP contribution in [-0.4, -0.2) is 36.9 Å². The predicted octanol–water partition coefficient (Wildman–Crippen LogP) is 5.61. The molecule has 9 unspecified atom stereocenters. The smallest absolute Gasteiger partial charge is 0.333 e. The van der Waals surface area contributed by atoms with Crippen LogP contribution in [0, 0.1) is 45.8 Å². The molecule has 40 heavy (non-hydrogen) atoms. The second-order valence-corrected chi connectivity index (χ2v) is 13.5. The van der Waals surface area contributed by atoms with Crippen molar-refractivity contribution in [1.82, 2.24) is 0 Å². The summed E-state index contributed by atoms with van der Waals surface area (Å²) < 4.78 is 22.6. The SMILES string of the molecule is CC=C(C)C(=O)OC1C2CC3C4CC(=O)OC(c5ccoc5)C4(C)CCC3C(C)(C2=O)C(CC(=O)OC)C1(C)C.